The largest absolute Gasteiger partial charge is 0.433 e. The van der Waals surface area contributed by atoms with Gasteiger partial charge in [0.1, 0.15) is 10.7 Å². The molecule has 1 atom stereocenters. The lowest BCUT2D eigenvalue weighted by Crippen LogP contribution is -2.45. The number of furan rings is 1. The highest BCUT2D eigenvalue weighted by Crippen LogP contribution is 2.30. The molecule has 0 aromatic carbocycles. The van der Waals surface area contributed by atoms with Gasteiger partial charge < -0.3 is 9.73 Å². The first-order valence-electron chi connectivity index (χ1n) is 6.41. The quantitative estimate of drug-likeness (QED) is 0.501. The van der Waals surface area contributed by atoms with E-state index < -0.39 is 4.92 Å². The summed E-state index contributed by atoms with van der Waals surface area (Å²) >= 11 is 0. The lowest BCUT2D eigenvalue weighted by molar-refractivity contribution is -0.402. The fourth-order valence-corrected chi connectivity index (χ4v) is 2.35. The molecule has 1 aromatic heterocycles. The summed E-state index contributed by atoms with van der Waals surface area (Å²) in [7, 11) is 0. The highest BCUT2D eigenvalue weighted by molar-refractivity contribution is 5.21. The molecule has 6 heteroatoms. The van der Waals surface area contributed by atoms with E-state index in [1.54, 1.807) is 6.07 Å². The molecule has 0 spiro atoms. The van der Waals surface area contributed by atoms with Crippen molar-refractivity contribution in [1.82, 2.24) is 10.2 Å². The molecule has 104 valence electrons. The molecule has 0 radical (unpaired) electrons. The molecule has 1 aliphatic heterocycles. The minimum atomic E-state index is -0.501. The minimum absolute atomic E-state index is 0.0355. The minimum Gasteiger partial charge on any atom is -0.404 e. The third-order valence-corrected chi connectivity index (χ3v) is 3.26. The average molecular weight is 265 g/mol. The highest BCUT2D eigenvalue weighted by atomic mass is 16.6. The third-order valence-electron chi connectivity index (χ3n) is 3.26. The molecule has 0 amide bonds. The summed E-state index contributed by atoms with van der Waals surface area (Å²) < 4.78 is 5.36. The number of nitrogens with zero attached hydrogens (tertiary/aromatic N) is 2. The molecule has 1 aromatic rings. The fraction of sp³-hybridized carbons (Fsp3) is 0.538. The summed E-state index contributed by atoms with van der Waals surface area (Å²) in [5.41, 5.74) is 1.04. The Hall–Kier alpha value is -1.66. The molecule has 1 N–H and O–H groups in total. The van der Waals surface area contributed by atoms with Crippen LogP contribution in [0.25, 0.3) is 0 Å². The summed E-state index contributed by atoms with van der Waals surface area (Å²) in [6, 6.07) is 3.16. The first kappa shape index (κ1) is 13.8. The van der Waals surface area contributed by atoms with Crippen molar-refractivity contribution < 1.29 is 9.34 Å². The van der Waals surface area contributed by atoms with Crippen molar-refractivity contribution in [2.75, 3.05) is 26.2 Å². The molecular formula is C13H19N3O3. The number of nitrogens with one attached hydrogen (secondary N) is 1. The number of hydrogen-bond donors (Lipinski definition) is 1. The van der Waals surface area contributed by atoms with E-state index in [2.05, 4.69) is 16.8 Å². The topological polar surface area (TPSA) is 71.5 Å². The molecule has 2 rings (SSSR count). The van der Waals surface area contributed by atoms with E-state index in [1.165, 1.54) is 6.07 Å². The Labute approximate surface area is 112 Å². The van der Waals surface area contributed by atoms with E-state index in [9.17, 15) is 10.1 Å². The first-order chi connectivity index (χ1) is 9.08. The maximum Gasteiger partial charge on any atom is 0.433 e. The van der Waals surface area contributed by atoms with Crippen molar-refractivity contribution in [2.24, 2.45) is 0 Å². The first-order valence-corrected chi connectivity index (χ1v) is 6.41. The van der Waals surface area contributed by atoms with Crippen LogP contribution in [0.15, 0.2) is 28.7 Å². The van der Waals surface area contributed by atoms with E-state index in [-0.39, 0.29) is 11.9 Å². The standard InChI is InChI=1S/C13H19N3O3/c1-10(2)9-11(15-7-5-14-6-8-15)12-3-4-13(19-12)16(17)18/h3-4,11,14H,1,5-9H2,2H3/t11-/m0/s1. The summed E-state index contributed by atoms with van der Waals surface area (Å²) in [5.74, 6) is 0.452. The smallest absolute Gasteiger partial charge is 0.404 e. The van der Waals surface area contributed by atoms with Gasteiger partial charge in [0.2, 0.25) is 0 Å². The number of piperazine rings is 1. The predicted octanol–water partition coefficient (Wildman–Crippen LogP) is 2.10. The Morgan fingerprint density at radius 2 is 2.26 bits per heavy atom. The molecular weight excluding hydrogens is 246 g/mol. The lowest BCUT2D eigenvalue weighted by atomic mass is 10.0. The van der Waals surface area contributed by atoms with Gasteiger partial charge in [0.05, 0.1) is 12.1 Å². The molecule has 2 heterocycles. The zero-order valence-corrected chi connectivity index (χ0v) is 11.1. The predicted molar refractivity (Wildman–Crippen MR) is 72.0 cm³/mol. The third kappa shape index (κ3) is 3.42. The molecule has 1 saturated heterocycles. The second-order valence-electron chi connectivity index (χ2n) is 4.90. The SMILES string of the molecule is C=C(C)C[C@@H](c1ccc([N+](=O)[O-])o1)N1CCNCC1. The van der Waals surface area contributed by atoms with Crippen LogP contribution >= 0.6 is 0 Å². The van der Waals surface area contributed by atoms with Gasteiger partial charge in [0.25, 0.3) is 0 Å². The van der Waals surface area contributed by atoms with E-state index in [1.807, 2.05) is 6.92 Å². The maximum absolute atomic E-state index is 10.7. The van der Waals surface area contributed by atoms with Gasteiger partial charge >= 0.3 is 5.88 Å². The molecule has 1 fully saturated rings. The Kier molecular flexibility index (Phi) is 4.34. The second kappa shape index (κ2) is 5.99. The monoisotopic (exact) mass is 265 g/mol. The van der Waals surface area contributed by atoms with E-state index in [0.717, 1.165) is 38.2 Å². The van der Waals surface area contributed by atoms with Crippen molar-refractivity contribution >= 4 is 5.88 Å². The van der Waals surface area contributed by atoms with E-state index in [4.69, 9.17) is 4.42 Å². The van der Waals surface area contributed by atoms with Crippen LogP contribution in [-0.2, 0) is 0 Å². The van der Waals surface area contributed by atoms with Crippen LogP contribution in [0.4, 0.5) is 5.88 Å². The Balaban J connectivity index is 2.19. The number of hydrogen-bond acceptors (Lipinski definition) is 5. The van der Waals surface area contributed by atoms with E-state index >= 15 is 0 Å². The number of nitro groups is 1. The van der Waals surface area contributed by atoms with Crippen LogP contribution in [0.1, 0.15) is 25.1 Å². The van der Waals surface area contributed by atoms with Gasteiger partial charge in [0.15, 0.2) is 0 Å². The summed E-state index contributed by atoms with van der Waals surface area (Å²) in [6.45, 7) is 9.57. The van der Waals surface area contributed by atoms with Crippen molar-refractivity contribution in [3.05, 3.63) is 40.2 Å². The molecule has 0 aliphatic carbocycles. The fourth-order valence-electron chi connectivity index (χ4n) is 2.35. The van der Waals surface area contributed by atoms with Crippen LogP contribution in [0.2, 0.25) is 0 Å². The summed E-state index contributed by atoms with van der Waals surface area (Å²) in [5, 5.41) is 14.0. The van der Waals surface area contributed by atoms with E-state index in [0.29, 0.717) is 5.76 Å². The number of rotatable bonds is 5. The molecule has 0 unspecified atom stereocenters. The van der Waals surface area contributed by atoms with Gasteiger partial charge in [-0.25, -0.2) is 0 Å². The van der Waals surface area contributed by atoms with Crippen LogP contribution in [-0.4, -0.2) is 36.0 Å². The Morgan fingerprint density at radius 1 is 1.58 bits per heavy atom. The Bertz CT molecular complexity index is 463. The van der Waals surface area contributed by atoms with Crippen LogP contribution < -0.4 is 5.32 Å². The van der Waals surface area contributed by atoms with Crippen LogP contribution in [0.5, 0.6) is 0 Å². The van der Waals surface area contributed by atoms with Gasteiger partial charge in [-0.2, -0.15) is 0 Å². The van der Waals surface area contributed by atoms with Gasteiger partial charge in [-0.1, -0.05) is 5.57 Å². The highest BCUT2D eigenvalue weighted by Gasteiger charge is 2.26. The molecule has 6 nitrogen and oxygen atoms in total. The summed E-state index contributed by atoms with van der Waals surface area (Å²) in [4.78, 5) is 12.5. The zero-order chi connectivity index (χ0) is 13.8. The molecule has 0 saturated carbocycles. The van der Waals surface area contributed by atoms with Gasteiger partial charge in [-0.15, -0.1) is 6.58 Å². The van der Waals surface area contributed by atoms with Gasteiger partial charge in [-0.3, -0.25) is 15.0 Å². The Morgan fingerprint density at radius 3 is 2.79 bits per heavy atom. The maximum atomic E-state index is 10.7. The van der Waals surface area contributed by atoms with Crippen molar-refractivity contribution in [3.63, 3.8) is 0 Å². The molecule has 19 heavy (non-hydrogen) atoms. The lowest BCUT2D eigenvalue weighted by Gasteiger charge is -2.33. The zero-order valence-electron chi connectivity index (χ0n) is 11.1. The van der Waals surface area contributed by atoms with Crippen molar-refractivity contribution in [3.8, 4) is 0 Å². The molecule has 0 bridgehead atoms. The van der Waals surface area contributed by atoms with Crippen molar-refractivity contribution in [1.29, 1.82) is 0 Å². The molecule has 1 aliphatic rings. The normalized spacial score (nSPS) is 18.2. The van der Waals surface area contributed by atoms with Gasteiger partial charge in [-0.05, 0) is 19.4 Å². The van der Waals surface area contributed by atoms with Crippen LogP contribution in [0.3, 0.4) is 0 Å². The summed E-state index contributed by atoms with van der Waals surface area (Å²) in [6.07, 6.45) is 0.755. The average Bonchev–Trinajstić information content (AvgIpc) is 2.86. The second-order valence-corrected chi connectivity index (χ2v) is 4.90. The van der Waals surface area contributed by atoms with Crippen LogP contribution in [0, 0.1) is 10.1 Å². The van der Waals surface area contributed by atoms with Gasteiger partial charge in [0, 0.05) is 26.2 Å². The van der Waals surface area contributed by atoms with Crippen molar-refractivity contribution in [2.45, 2.75) is 19.4 Å².